The van der Waals surface area contributed by atoms with E-state index in [4.69, 9.17) is 0 Å². The molecular weight excluding hydrogens is 275 g/mol. The summed E-state index contributed by atoms with van der Waals surface area (Å²) in [6.07, 6.45) is -0.395. The number of hydrogen-bond donors (Lipinski definition) is 0. The van der Waals surface area contributed by atoms with Crippen LogP contribution >= 0.6 is 11.3 Å². The second-order valence-corrected chi connectivity index (χ2v) is 5.41. The second-order valence-electron chi connectivity index (χ2n) is 4.43. The first kappa shape index (κ1) is 14.1. The number of carbonyl (C=O) groups is 1. The van der Waals surface area contributed by atoms with Crippen LogP contribution in [0.3, 0.4) is 0 Å². The van der Waals surface area contributed by atoms with Gasteiger partial charge in [-0.3, -0.25) is 4.79 Å². The van der Waals surface area contributed by atoms with E-state index in [1.54, 1.807) is 6.08 Å². The van der Waals surface area contributed by atoms with Crippen LogP contribution in [0.1, 0.15) is 24.1 Å². The van der Waals surface area contributed by atoms with Gasteiger partial charge in [0.1, 0.15) is 6.04 Å². The molecule has 0 N–H and O–H groups in total. The van der Waals surface area contributed by atoms with Gasteiger partial charge in [0.25, 0.3) is 0 Å². The van der Waals surface area contributed by atoms with Crippen LogP contribution < -0.4 is 0 Å². The van der Waals surface area contributed by atoms with Gasteiger partial charge in [-0.1, -0.05) is 6.07 Å². The zero-order chi connectivity index (χ0) is 13.9. The molecule has 6 heteroatoms. The fourth-order valence-electron chi connectivity index (χ4n) is 2.17. The fraction of sp³-hybridized carbons (Fsp3) is 0.462. The Morgan fingerprint density at radius 1 is 1.42 bits per heavy atom. The van der Waals surface area contributed by atoms with Crippen LogP contribution in [0.25, 0.3) is 6.08 Å². The molecule has 19 heavy (non-hydrogen) atoms. The van der Waals surface area contributed by atoms with Gasteiger partial charge < -0.3 is 4.90 Å². The molecule has 1 fully saturated rings. The number of carbonyl (C=O) groups excluding carboxylic acids is 1. The number of amides is 1. The third-order valence-electron chi connectivity index (χ3n) is 3.10. The molecule has 2 nitrogen and oxygen atoms in total. The Morgan fingerprint density at radius 2 is 2.21 bits per heavy atom. The highest BCUT2D eigenvalue weighted by Crippen LogP contribution is 2.32. The van der Waals surface area contributed by atoms with Crippen LogP contribution in [0.5, 0.6) is 0 Å². The molecule has 1 aliphatic rings. The minimum absolute atomic E-state index is 0.00207. The van der Waals surface area contributed by atoms with Crippen LogP contribution in [0.2, 0.25) is 0 Å². The lowest BCUT2D eigenvalue weighted by Crippen LogP contribution is -2.50. The van der Waals surface area contributed by atoms with Gasteiger partial charge >= 0.3 is 6.18 Å². The first-order chi connectivity index (χ1) is 8.98. The van der Waals surface area contributed by atoms with E-state index in [2.05, 4.69) is 0 Å². The van der Waals surface area contributed by atoms with E-state index < -0.39 is 18.1 Å². The highest BCUT2D eigenvalue weighted by molar-refractivity contribution is 7.10. The van der Waals surface area contributed by atoms with Crippen molar-refractivity contribution in [3.8, 4) is 0 Å². The molecule has 104 valence electrons. The van der Waals surface area contributed by atoms with Crippen molar-refractivity contribution < 1.29 is 18.0 Å². The molecule has 0 saturated carbocycles. The van der Waals surface area contributed by atoms with E-state index >= 15 is 0 Å². The third kappa shape index (κ3) is 3.59. The van der Waals surface area contributed by atoms with Gasteiger partial charge in [-0.15, -0.1) is 11.3 Å². The first-order valence-electron chi connectivity index (χ1n) is 6.07. The molecule has 0 aromatic carbocycles. The first-order valence-corrected chi connectivity index (χ1v) is 6.95. The molecule has 1 unspecified atom stereocenters. The Bertz CT molecular complexity index is 453. The summed E-state index contributed by atoms with van der Waals surface area (Å²) in [5, 5.41) is 1.85. The molecule has 1 amide bonds. The van der Waals surface area contributed by atoms with Gasteiger partial charge in [-0.2, -0.15) is 13.2 Å². The largest absolute Gasteiger partial charge is 0.408 e. The molecule has 1 aliphatic heterocycles. The van der Waals surface area contributed by atoms with Crippen molar-refractivity contribution in [2.45, 2.75) is 31.5 Å². The lowest BCUT2D eigenvalue weighted by molar-refractivity contribution is -0.193. The average Bonchev–Trinajstić information content (AvgIpc) is 2.88. The summed E-state index contributed by atoms with van der Waals surface area (Å²) in [7, 11) is 0. The molecule has 0 radical (unpaired) electrons. The fourth-order valence-corrected chi connectivity index (χ4v) is 2.79. The summed E-state index contributed by atoms with van der Waals surface area (Å²) in [6, 6.07) is 2.00. The highest BCUT2D eigenvalue weighted by atomic mass is 32.1. The summed E-state index contributed by atoms with van der Waals surface area (Å²) < 4.78 is 38.5. The number of alkyl halides is 3. The SMILES string of the molecule is O=C(C=Cc1cccs1)N1CCCCC1C(F)(F)F. The Hall–Kier alpha value is -1.30. The van der Waals surface area contributed by atoms with Crippen LogP contribution in [0, 0.1) is 0 Å². The number of piperidine rings is 1. The van der Waals surface area contributed by atoms with Crippen molar-refractivity contribution in [2.75, 3.05) is 6.54 Å². The Kier molecular flexibility index (Phi) is 4.29. The number of nitrogens with zero attached hydrogens (tertiary/aromatic N) is 1. The average molecular weight is 289 g/mol. The van der Waals surface area contributed by atoms with Crippen molar-refractivity contribution in [3.63, 3.8) is 0 Å². The molecule has 0 aliphatic carbocycles. The summed E-state index contributed by atoms with van der Waals surface area (Å²) in [5.74, 6) is -0.560. The number of rotatable bonds is 2. The number of thiophene rings is 1. The van der Waals surface area contributed by atoms with Crippen LogP contribution in [0.4, 0.5) is 13.2 Å². The van der Waals surface area contributed by atoms with E-state index in [0.717, 1.165) is 9.78 Å². The molecule has 1 atom stereocenters. The van der Waals surface area contributed by atoms with Crippen molar-refractivity contribution >= 4 is 23.3 Å². The van der Waals surface area contributed by atoms with E-state index in [0.29, 0.717) is 12.8 Å². The molecular formula is C13H14F3NOS. The maximum atomic E-state index is 12.8. The second kappa shape index (κ2) is 5.77. The summed E-state index contributed by atoms with van der Waals surface area (Å²) in [5.41, 5.74) is 0. The van der Waals surface area contributed by atoms with Crippen molar-refractivity contribution in [1.82, 2.24) is 4.90 Å². The molecule has 0 spiro atoms. The molecule has 2 rings (SSSR count). The standard InChI is InChI=1S/C13H14F3NOS/c14-13(15,16)11-5-1-2-8-17(11)12(18)7-6-10-4-3-9-19-10/h3-4,6-7,9,11H,1-2,5,8H2. The summed E-state index contributed by atoms with van der Waals surface area (Å²) in [6.45, 7) is 0.178. The van der Waals surface area contributed by atoms with Crippen molar-refractivity contribution in [3.05, 3.63) is 28.5 Å². The number of likely N-dealkylation sites (tertiary alicyclic amines) is 1. The minimum atomic E-state index is -4.34. The topological polar surface area (TPSA) is 20.3 Å². The van der Waals surface area contributed by atoms with E-state index in [9.17, 15) is 18.0 Å². The maximum absolute atomic E-state index is 12.8. The highest BCUT2D eigenvalue weighted by Gasteiger charge is 2.45. The van der Waals surface area contributed by atoms with Gasteiger partial charge in [0, 0.05) is 17.5 Å². The number of hydrogen-bond acceptors (Lipinski definition) is 2. The molecule has 1 aromatic rings. The predicted octanol–water partition coefficient (Wildman–Crippen LogP) is 3.70. The van der Waals surface area contributed by atoms with Crippen LogP contribution in [-0.2, 0) is 4.79 Å². The number of halogens is 3. The van der Waals surface area contributed by atoms with Crippen LogP contribution in [0.15, 0.2) is 23.6 Å². The zero-order valence-electron chi connectivity index (χ0n) is 10.2. The maximum Gasteiger partial charge on any atom is 0.408 e. The Morgan fingerprint density at radius 3 is 2.84 bits per heavy atom. The van der Waals surface area contributed by atoms with Crippen LogP contribution in [-0.4, -0.2) is 29.6 Å². The van der Waals surface area contributed by atoms with Gasteiger partial charge in [0.2, 0.25) is 5.91 Å². The lowest BCUT2D eigenvalue weighted by Gasteiger charge is -2.36. The predicted molar refractivity (Wildman–Crippen MR) is 68.8 cm³/mol. The monoisotopic (exact) mass is 289 g/mol. The Balaban J connectivity index is 2.07. The quantitative estimate of drug-likeness (QED) is 0.760. The van der Waals surface area contributed by atoms with Crippen molar-refractivity contribution in [1.29, 1.82) is 0 Å². The molecule has 2 heterocycles. The normalized spacial score (nSPS) is 21.0. The summed E-state index contributed by atoms with van der Waals surface area (Å²) >= 11 is 1.44. The van der Waals surface area contributed by atoms with Gasteiger partial charge in [-0.05, 0) is 36.8 Å². The third-order valence-corrected chi connectivity index (χ3v) is 3.93. The molecule has 1 aromatic heterocycles. The molecule has 0 bridgehead atoms. The minimum Gasteiger partial charge on any atom is -0.327 e. The van der Waals surface area contributed by atoms with E-state index in [-0.39, 0.29) is 13.0 Å². The van der Waals surface area contributed by atoms with Gasteiger partial charge in [0.15, 0.2) is 0 Å². The van der Waals surface area contributed by atoms with Gasteiger partial charge in [-0.25, -0.2) is 0 Å². The Labute approximate surface area is 113 Å². The smallest absolute Gasteiger partial charge is 0.327 e. The van der Waals surface area contributed by atoms with Crippen molar-refractivity contribution in [2.24, 2.45) is 0 Å². The van der Waals surface area contributed by atoms with Gasteiger partial charge in [0.05, 0.1) is 0 Å². The zero-order valence-corrected chi connectivity index (χ0v) is 11.0. The lowest BCUT2D eigenvalue weighted by atomic mass is 10.0. The summed E-state index contributed by atoms with van der Waals surface area (Å²) in [4.78, 5) is 13.7. The molecule has 1 saturated heterocycles. The van der Waals surface area contributed by atoms with E-state index in [1.165, 1.54) is 17.4 Å². The van der Waals surface area contributed by atoms with E-state index in [1.807, 2.05) is 17.5 Å².